The van der Waals surface area contributed by atoms with Gasteiger partial charge in [-0.2, -0.15) is 0 Å². The van der Waals surface area contributed by atoms with Crippen LogP contribution in [-0.2, 0) is 0 Å². The Morgan fingerprint density at radius 3 is 2.27 bits per heavy atom. The van der Waals surface area contributed by atoms with Gasteiger partial charge < -0.3 is 0 Å². The Bertz CT molecular complexity index is 114. The molecule has 0 N–H and O–H groups in total. The van der Waals surface area contributed by atoms with Gasteiger partial charge in [0.25, 0.3) is 0 Å². The van der Waals surface area contributed by atoms with Crippen molar-refractivity contribution in [3.8, 4) is 0 Å². The van der Waals surface area contributed by atoms with Crippen molar-refractivity contribution in [1.29, 1.82) is 0 Å². The average molecular weight is 170 g/mol. The molecule has 0 saturated carbocycles. The Morgan fingerprint density at radius 2 is 1.82 bits per heavy atom. The predicted octanol–water partition coefficient (Wildman–Crippen LogP) is 4.07. The molecular weight excluding hydrogens is 148 g/mol. The summed E-state index contributed by atoms with van der Waals surface area (Å²) in [4.78, 5) is 0. The minimum absolute atomic E-state index is 0.792. The smallest absolute Gasteiger partial charge is 0.0476 e. The molecule has 0 nitrogen and oxygen atoms in total. The maximum absolute atomic E-state index is 2.50. The highest BCUT2D eigenvalue weighted by Gasteiger charge is 2.17. The first-order chi connectivity index (χ1) is 5.12. The van der Waals surface area contributed by atoms with Crippen LogP contribution in [0.4, 0.5) is 0 Å². The molecule has 0 bridgehead atoms. The summed E-state index contributed by atoms with van der Waals surface area (Å²) in [5.74, 6) is 0. The standard InChI is InChI=1S/C10H22Si/c1-5-7-8-10-11(3,4)9-6-2/h5,7H,6,8-10H2,1-4H3/b7-5+. The third-order valence-corrected chi connectivity index (χ3v) is 5.65. The van der Waals surface area contributed by atoms with E-state index in [2.05, 4.69) is 39.1 Å². The van der Waals surface area contributed by atoms with Gasteiger partial charge in [0.05, 0.1) is 0 Å². The number of allylic oxidation sites excluding steroid dienone is 2. The lowest BCUT2D eigenvalue weighted by Gasteiger charge is -2.20. The molecule has 11 heavy (non-hydrogen) atoms. The molecule has 0 saturated heterocycles. The zero-order valence-corrected chi connectivity index (χ0v) is 9.48. The highest BCUT2D eigenvalue weighted by Crippen LogP contribution is 2.19. The lowest BCUT2D eigenvalue weighted by atomic mass is 10.4. The Balaban J connectivity index is 3.54. The number of hydrogen-bond acceptors (Lipinski definition) is 0. The molecule has 0 aromatic carbocycles. The van der Waals surface area contributed by atoms with Crippen LogP contribution < -0.4 is 0 Å². The van der Waals surface area contributed by atoms with E-state index in [0.29, 0.717) is 0 Å². The quantitative estimate of drug-likeness (QED) is 0.431. The van der Waals surface area contributed by atoms with E-state index in [4.69, 9.17) is 0 Å². The van der Waals surface area contributed by atoms with E-state index in [1.54, 1.807) is 0 Å². The van der Waals surface area contributed by atoms with Crippen LogP contribution in [0, 0.1) is 0 Å². The first kappa shape index (κ1) is 11.0. The van der Waals surface area contributed by atoms with Gasteiger partial charge in [0.2, 0.25) is 0 Å². The zero-order chi connectivity index (χ0) is 8.74. The van der Waals surface area contributed by atoms with Crippen molar-refractivity contribution in [3.63, 3.8) is 0 Å². The van der Waals surface area contributed by atoms with E-state index < -0.39 is 8.07 Å². The molecular formula is C10H22Si. The van der Waals surface area contributed by atoms with Gasteiger partial charge in [0.1, 0.15) is 0 Å². The summed E-state index contributed by atoms with van der Waals surface area (Å²) >= 11 is 0. The lowest BCUT2D eigenvalue weighted by molar-refractivity contribution is 1.01. The van der Waals surface area contributed by atoms with Crippen molar-refractivity contribution in [2.75, 3.05) is 0 Å². The SMILES string of the molecule is C/C=C/CC[Si](C)(C)CCC. The molecule has 0 heterocycles. The molecule has 0 aromatic heterocycles. The van der Waals surface area contributed by atoms with Crippen LogP contribution >= 0.6 is 0 Å². The molecule has 0 fully saturated rings. The Morgan fingerprint density at radius 1 is 1.18 bits per heavy atom. The van der Waals surface area contributed by atoms with Gasteiger partial charge >= 0.3 is 0 Å². The fourth-order valence-corrected chi connectivity index (χ4v) is 3.99. The number of hydrogen-bond donors (Lipinski definition) is 0. The Labute approximate surface area is 72.7 Å². The maximum atomic E-state index is 2.50. The van der Waals surface area contributed by atoms with Crippen LogP contribution in [0.2, 0.25) is 25.2 Å². The molecule has 0 spiro atoms. The Hall–Kier alpha value is -0.0431. The highest BCUT2D eigenvalue weighted by atomic mass is 28.3. The van der Waals surface area contributed by atoms with Crippen molar-refractivity contribution < 1.29 is 0 Å². The van der Waals surface area contributed by atoms with Gasteiger partial charge in [0.15, 0.2) is 0 Å². The lowest BCUT2D eigenvalue weighted by Crippen LogP contribution is -2.23. The summed E-state index contributed by atoms with van der Waals surface area (Å²) in [6, 6.07) is 2.95. The topological polar surface area (TPSA) is 0 Å². The van der Waals surface area contributed by atoms with Gasteiger partial charge in [-0.15, -0.1) is 0 Å². The minimum Gasteiger partial charge on any atom is -0.0917 e. The molecule has 1 heteroatoms. The molecule has 0 aliphatic heterocycles. The van der Waals surface area contributed by atoms with Gasteiger partial charge in [0, 0.05) is 8.07 Å². The third kappa shape index (κ3) is 6.36. The summed E-state index contributed by atoms with van der Waals surface area (Å²) in [6.45, 7) is 9.40. The van der Waals surface area contributed by atoms with Crippen LogP contribution in [0.1, 0.15) is 26.7 Å². The van der Waals surface area contributed by atoms with Crippen LogP contribution in [0.25, 0.3) is 0 Å². The van der Waals surface area contributed by atoms with E-state index in [1.807, 2.05) is 0 Å². The van der Waals surface area contributed by atoms with Gasteiger partial charge in [-0.05, 0) is 13.3 Å². The molecule has 0 radical (unpaired) electrons. The van der Waals surface area contributed by atoms with E-state index in [-0.39, 0.29) is 0 Å². The van der Waals surface area contributed by atoms with Gasteiger partial charge in [-0.25, -0.2) is 0 Å². The second-order valence-electron chi connectivity index (χ2n) is 4.02. The molecule has 0 amide bonds. The normalized spacial score (nSPS) is 12.7. The maximum Gasteiger partial charge on any atom is 0.0476 e. The van der Waals surface area contributed by atoms with E-state index in [0.717, 1.165) is 0 Å². The molecule has 0 atom stereocenters. The van der Waals surface area contributed by atoms with Gasteiger partial charge in [-0.3, -0.25) is 0 Å². The fourth-order valence-electron chi connectivity index (χ4n) is 1.44. The van der Waals surface area contributed by atoms with E-state index in [1.165, 1.54) is 24.9 Å². The average Bonchev–Trinajstić information content (AvgIpc) is 1.87. The fraction of sp³-hybridized carbons (Fsp3) is 0.800. The zero-order valence-electron chi connectivity index (χ0n) is 8.48. The van der Waals surface area contributed by atoms with Crippen molar-refractivity contribution in [3.05, 3.63) is 12.2 Å². The summed E-state index contributed by atoms with van der Waals surface area (Å²) < 4.78 is 0. The second kappa shape index (κ2) is 5.59. The highest BCUT2D eigenvalue weighted by molar-refractivity contribution is 6.77. The van der Waals surface area contributed by atoms with Crippen LogP contribution in [0.3, 0.4) is 0 Å². The Kier molecular flexibility index (Phi) is 5.57. The summed E-state index contributed by atoms with van der Waals surface area (Å²) in [6.07, 6.45) is 7.13. The van der Waals surface area contributed by atoms with Crippen molar-refractivity contribution in [2.24, 2.45) is 0 Å². The molecule has 0 aromatic rings. The van der Waals surface area contributed by atoms with E-state index in [9.17, 15) is 0 Å². The molecule has 0 rings (SSSR count). The summed E-state index contributed by atoms with van der Waals surface area (Å²) in [5, 5.41) is 0. The van der Waals surface area contributed by atoms with Gasteiger partial charge in [-0.1, -0.05) is 50.7 Å². The first-order valence-electron chi connectivity index (χ1n) is 4.73. The predicted molar refractivity (Wildman–Crippen MR) is 56.8 cm³/mol. The third-order valence-electron chi connectivity index (χ3n) is 2.15. The van der Waals surface area contributed by atoms with Crippen LogP contribution in [0.15, 0.2) is 12.2 Å². The molecule has 0 aliphatic carbocycles. The second-order valence-corrected chi connectivity index (χ2v) is 9.35. The summed E-state index contributed by atoms with van der Waals surface area (Å²) in [5.41, 5.74) is 0. The molecule has 0 aliphatic rings. The molecule has 0 unspecified atom stereocenters. The largest absolute Gasteiger partial charge is 0.0917 e. The molecule has 66 valence electrons. The van der Waals surface area contributed by atoms with Crippen LogP contribution in [-0.4, -0.2) is 8.07 Å². The van der Waals surface area contributed by atoms with Crippen molar-refractivity contribution in [2.45, 2.75) is 51.9 Å². The van der Waals surface area contributed by atoms with Crippen molar-refractivity contribution in [1.82, 2.24) is 0 Å². The number of rotatable bonds is 5. The monoisotopic (exact) mass is 170 g/mol. The first-order valence-corrected chi connectivity index (χ1v) is 8.15. The van der Waals surface area contributed by atoms with Crippen molar-refractivity contribution >= 4 is 8.07 Å². The van der Waals surface area contributed by atoms with Crippen LogP contribution in [0.5, 0.6) is 0 Å². The van der Waals surface area contributed by atoms with E-state index >= 15 is 0 Å². The summed E-state index contributed by atoms with van der Waals surface area (Å²) in [7, 11) is -0.792. The minimum atomic E-state index is -0.792.